The van der Waals surface area contributed by atoms with Crippen LogP contribution in [0.2, 0.25) is 0 Å². The number of rotatable bonds is 9. The second-order valence-electron chi connectivity index (χ2n) is 5.28. The Kier molecular flexibility index (Phi) is 7.08. The van der Waals surface area contributed by atoms with Gasteiger partial charge in [-0.1, -0.05) is 12.1 Å². The van der Waals surface area contributed by atoms with Gasteiger partial charge in [0.15, 0.2) is 0 Å². The smallest absolute Gasteiger partial charge is 0.387 e. The van der Waals surface area contributed by atoms with Crippen LogP contribution in [0, 0.1) is 0 Å². The largest absolute Gasteiger partial charge is 0.490 e. The summed E-state index contributed by atoms with van der Waals surface area (Å²) < 4.78 is 60.9. The highest BCUT2D eigenvalue weighted by Gasteiger charge is 2.09. The predicted octanol–water partition coefficient (Wildman–Crippen LogP) is 2.10. The molecule has 0 aliphatic carbocycles. The summed E-state index contributed by atoms with van der Waals surface area (Å²) in [6, 6.07) is 11.1. The molecular formula is C17H17F2NO6S. The maximum Gasteiger partial charge on any atom is 0.387 e. The molecule has 0 spiro atoms. The van der Waals surface area contributed by atoms with Crippen LogP contribution in [-0.4, -0.2) is 34.2 Å². The van der Waals surface area contributed by atoms with Crippen LogP contribution in [0.1, 0.15) is 5.56 Å². The Balaban J connectivity index is 1.71. The molecule has 0 atom stereocenters. The van der Waals surface area contributed by atoms with E-state index in [4.69, 9.17) is 14.6 Å². The number of carbonyl (C=O) groups excluding carboxylic acids is 1. The number of nitrogens with two attached hydrogens (primary N) is 1. The van der Waals surface area contributed by atoms with Crippen molar-refractivity contribution in [3.8, 4) is 11.5 Å². The SMILES string of the molecule is NS(=O)(=O)c1ccc(OCCOC(=O)Cc2ccc(OC(F)F)cc2)cc1. The number of sulfonamides is 1. The van der Waals surface area contributed by atoms with E-state index in [0.717, 1.165) is 0 Å². The number of hydrogen-bond donors (Lipinski definition) is 1. The minimum Gasteiger partial charge on any atom is -0.490 e. The molecule has 2 rings (SSSR count). The monoisotopic (exact) mass is 401 g/mol. The molecule has 0 aromatic heterocycles. The van der Waals surface area contributed by atoms with Crippen LogP contribution in [0.5, 0.6) is 11.5 Å². The summed E-state index contributed by atoms with van der Waals surface area (Å²) in [6.07, 6.45) is -0.0297. The maximum atomic E-state index is 12.1. The van der Waals surface area contributed by atoms with Crippen molar-refractivity contribution in [2.45, 2.75) is 17.9 Å². The number of primary sulfonamides is 1. The zero-order valence-corrected chi connectivity index (χ0v) is 14.8. The molecule has 146 valence electrons. The predicted molar refractivity (Wildman–Crippen MR) is 91.0 cm³/mol. The van der Waals surface area contributed by atoms with Crippen LogP contribution < -0.4 is 14.6 Å². The first kappa shape index (κ1) is 20.6. The van der Waals surface area contributed by atoms with Crippen LogP contribution in [0.4, 0.5) is 8.78 Å². The summed E-state index contributed by atoms with van der Waals surface area (Å²) in [4.78, 5) is 11.7. The van der Waals surface area contributed by atoms with E-state index in [-0.39, 0.29) is 30.3 Å². The van der Waals surface area contributed by atoms with Gasteiger partial charge in [0, 0.05) is 0 Å². The van der Waals surface area contributed by atoms with Gasteiger partial charge in [0.2, 0.25) is 10.0 Å². The van der Waals surface area contributed by atoms with Gasteiger partial charge >= 0.3 is 12.6 Å². The molecule has 7 nitrogen and oxygen atoms in total. The molecule has 10 heteroatoms. The summed E-state index contributed by atoms with van der Waals surface area (Å²) in [6.45, 7) is -2.85. The fraction of sp³-hybridized carbons (Fsp3) is 0.235. The molecule has 2 N–H and O–H groups in total. The maximum absolute atomic E-state index is 12.1. The van der Waals surface area contributed by atoms with Gasteiger partial charge in [-0.2, -0.15) is 8.78 Å². The molecule has 0 fully saturated rings. The first-order valence-electron chi connectivity index (χ1n) is 7.69. The lowest BCUT2D eigenvalue weighted by atomic mass is 10.1. The third-order valence-corrected chi connectivity index (χ3v) is 4.19. The van der Waals surface area contributed by atoms with Crippen LogP contribution in [0.25, 0.3) is 0 Å². The lowest BCUT2D eigenvalue weighted by Crippen LogP contribution is -2.14. The number of carbonyl (C=O) groups is 1. The third kappa shape index (κ3) is 7.19. The molecule has 0 heterocycles. The van der Waals surface area contributed by atoms with Gasteiger partial charge in [-0.25, -0.2) is 13.6 Å². The molecule has 0 amide bonds. The van der Waals surface area contributed by atoms with Crippen molar-refractivity contribution in [2.75, 3.05) is 13.2 Å². The van der Waals surface area contributed by atoms with Gasteiger partial charge in [0.05, 0.1) is 11.3 Å². The van der Waals surface area contributed by atoms with Crippen LogP contribution >= 0.6 is 0 Å². The van der Waals surface area contributed by atoms with Crippen molar-refractivity contribution >= 4 is 16.0 Å². The Hall–Kier alpha value is -2.72. The lowest BCUT2D eigenvalue weighted by molar-refractivity contribution is -0.143. The quantitative estimate of drug-likeness (QED) is 0.510. The summed E-state index contributed by atoms with van der Waals surface area (Å²) in [5.74, 6) is -0.109. The molecule has 27 heavy (non-hydrogen) atoms. The highest BCUT2D eigenvalue weighted by molar-refractivity contribution is 7.89. The van der Waals surface area contributed by atoms with Crippen LogP contribution in [0.15, 0.2) is 53.4 Å². The van der Waals surface area contributed by atoms with Crippen molar-refractivity contribution in [3.63, 3.8) is 0 Å². The van der Waals surface area contributed by atoms with E-state index in [2.05, 4.69) is 4.74 Å². The number of hydrogen-bond acceptors (Lipinski definition) is 6. The highest BCUT2D eigenvalue weighted by atomic mass is 32.2. The van der Waals surface area contributed by atoms with E-state index in [1.807, 2.05) is 0 Å². The summed E-state index contributed by atoms with van der Waals surface area (Å²) in [7, 11) is -3.76. The lowest BCUT2D eigenvalue weighted by Gasteiger charge is -2.08. The van der Waals surface area contributed by atoms with Crippen LogP contribution in [0.3, 0.4) is 0 Å². The Bertz CT molecular complexity index is 854. The second-order valence-corrected chi connectivity index (χ2v) is 6.85. The molecule has 0 aliphatic rings. The van der Waals surface area contributed by atoms with Gasteiger partial charge in [-0.3, -0.25) is 4.79 Å². The second kappa shape index (κ2) is 9.28. The van der Waals surface area contributed by atoms with Crippen molar-refractivity contribution in [2.24, 2.45) is 5.14 Å². The van der Waals surface area contributed by atoms with E-state index in [1.165, 1.54) is 48.5 Å². The summed E-state index contributed by atoms with van der Waals surface area (Å²) in [5.41, 5.74) is 0.584. The highest BCUT2D eigenvalue weighted by Crippen LogP contribution is 2.16. The minimum absolute atomic E-state index is 0.00368. The van der Waals surface area contributed by atoms with Crippen LogP contribution in [-0.2, 0) is 26.0 Å². The van der Waals surface area contributed by atoms with Crippen molar-refractivity contribution in [1.82, 2.24) is 0 Å². The molecule has 0 aliphatic heterocycles. The van der Waals surface area contributed by atoms with E-state index < -0.39 is 22.6 Å². The number of ether oxygens (including phenoxy) is 3. The Morgan fingerprint density at radius 3 is 2.11 bits per heavy atom. The summed E-state index contributed by atoms with van der Waals surface area (Å²) >= 11 is 0. The van der Waals surface area contributed by atoms with Gasteiger partial charge in [0.1, 0.15) is 24.7 Å². The van der Waals surface area contributed by atoms with Gasteiger partial charge < -0.3 is 14.2 Å². The molecular weight excluding hydrogens is 384 g/mol. The van der Waals surface area contributed by atoms with E-state index in [9.17, 15) is 22.0 Å². The fourth-order valence-corrected chi connectivity index (χ4v) is 2.56. The number of halogens is 2. The Morgan fingerprint density at radius 2 is 1.56 bits per heavy atom. The Labute approximate surface area is 154 Å². The molecule has 0 radical (unpaired) electrons. The average molecular weight is 401 g/mol. The first-order valence-corrected chi connectivity index (χ1v) is 9.24. The zero-order chi connectivity index (χ0) is 19.9. The standard InChI is InChI=1S/C17H17F2NO6S/c18-17(19)26-14-3-1-12(2-4-14)11-16(21)25-10-9-24-13-5-7-15(8-6-13)27(20,22)23/h1-8,17H,9-11H2,(H2,20,22,23). The van der Waals surface area contributed by atoms with E-state index >= 15 is 0 Å². The Morgan fingerprint density at radius 1 is 0.963 bits per heavy atom. The van der Waals surface area contributed by atoms with Gasteiger partial charge in [0.25, 0.3) is 0 Å². The van der Waals surface area contributed by atoms with Crippen molar-refractivity contribution < 1.29 is 36.2 Å². The van der Waals surface area contributed by atoms with Crippen molar-refractivity contribution in [1.29, 1.82) is 0 Å². The average Bonchev–Trinajstić information content (AvgIpc) is 2.60. The van der Waals surface area contributed by atoms with Gasteiger partial charge in [-0.15, -0.1) is 0 Å². The summed E-state index contributed by atoms with van der Waals surface area (Å²) in [5, 5.41) is 4.99. The molecule has 0 saturated carbocycles. The number of esters is 1. The molecule has 2 aromatic carbocycles. The normalized spacial score (nSPS) is 11.3. The van der Waals surface area contributed by atoms with Crippen molar-refractivity contribution in [3.05, 3.63) is 54.1 Å². The minimum atomic E-state index is -3.76. The third-order valence-electron chi connectivity index (χ3n) is 3.26. The number of benzene rings is 2. The zero-order valence-electron chi connectivity index (χ0n) is 14.0. The van der Waals surface area contributed by atoms with E-state index in [1.54, 1.807) is 0 Å². The molecule has 0 unspecified atom stereocenters. The van der Waals surface area contributed by atoms with Gasteiger partial charge in [-0.05, 0) is 42.0 Å². The topological polar surface area (TPSA) is 105 Å². The molecule has 0 bridgehead atoms. The molecule has 0 saturated heterocycles. The number of alkyl halides is 2. The molecule has 2 aromatic rings. The van der Waals surface area contributed by atoms with E-state index in [0.29, 0.717) is 11.3 Å². The first-order chi connectivity index (χ1) is 12.7. The fourth-order valence-electron chi connectivity index (χ4n) is 2.05.